The number of halogens is 2. The van der Waals surface area contributed by atoms with Gasteiger partial charge < -0.3 is 5.32 Å². The first-order valence-corrected chi connectivity index (χ1v) is 10.6. The minimum Gasteiger partial charge on any atom is -0.325 e. The van der Waals surface area contributed by atoms with Gasteiger partial charge in [-0.1, -0.05) is 83.9 Å². The standard InChI is InChI=1S/C25H21Cl2NO3/c26-19-14-15-21(20(27)16-19)28-23(30)13-7-12-22(29)24(17-8-3-1-4-9-17)25(31)18-10-5-2-6-11-18/h1-6,8-11,14-16,24H,7,12-13H2,(H,28,30)/t24-/m0/s1. The van der Waals surface area contributed by atoms with Crippen molar-refractivity contribution in [2.45, 2.75) is 25.2 Å². The van der Waals surface area contributed by atoms with Crippen LogP contribution >= 0.6 is 23.2 Å². The maximum absolute atomic E-state index is 13.1. The summed E-state index contributed by atoms with van der Waals surface area (Å²) in [5, 5.41) is 3.53. The number of rotatable bonds is 9. The highest BCUT2D eigenvalue weighted by atomic mass is 35.5. The maximum atomic E-state index is 13.1. The number of benzene rings is 3. The summed E-state index contributed by atoms with van der Waals surface area (Å²) >= 11 is 11.9. The molecule has 0 saturated carbocycles. The highest BCUT2D eigenvalue weighted by molar-refractivity contribution is 6.36. The second kappa shape index (κ2) is 10.9. The van der Waals surface area contributed by atoms with E-state index in [-0.39, 0.29) is 30.3 Å². The van der Waals surface area contributed by atoms with Crippen LogP contribution in [0.1, 0.15) is 41.1 Å². The lowest BCUT2D eigenvalue weighted by Crippen LogP contribution is -2.23. The molecule has 0 aliphatic rings. The Morgan fingerprint density at radius 2 is 1.45 bits per heavy atom. The van der Waals surface area contributed by atoms with Crippen LogP contribution in [0.5, 0.6) is 0 Å². The number of amides is 1. The van der Waals surface area contributed by atoms with Gasteiger partial charge in [-0.3, -0.25) is 14.4 Å². The summed E-state index contributed by atoms with van der Waals surface area (Å²) in [5.41, 5.74) is 1.60. The summed E-state index contributed by atoms with van der Waals surface area (Å²) in [6.07, 6.45) is 0.562. The van der Waals surface area contributed by atoms with Crippen LogP contribution in [-0.4, -0.2) is 17.5 Å². The Bertz CT molecular complexity index is 1070. The van der Waals surface area contributed by atoms with Gasteiger partial charge in [-0.05, 0) is 30.2 Å². The quantitative estimate of drug-likeness (QED) is 0.303. The van der Waals surface area contributed by atoms with Crippen LogP contribution in [0.3, 0.4) is 0 Å². The molecule has 0 radical (unpaired) electrons. The van der Waals surface area contributed by atoms with Gasteiger partial charge in [-0.2, -0.15) is 0 Å². The van der Waals surface area contributed by atoms with Gasteiger partial charge in [0.1, 0.15) is 11.7 Å². The fourth-order valence-electron chi connectivity index (χ4n) is 3.27. The van der Waals surface area contributed by atoms with Crippen LogP contribution in [0.4, 0.5) is 5.69 Å². The molecule has 3 rings (SSSR count). The van der Waals surface area contributed by atoms with Crippen molar-refractivity contribution in [2.24, 2.45) is 0 Å². The van der Waals surface area contributed by atoms with Crippen LogP contribution in [0.15, 0.2) is 78.9 Å². The van der Waals surface area contributed by atoms with Gasteiger partial charge in [0.15, 0.2) is 5.78 Å². The number of anilines is 1. The van der Waals surface area contributed by atoms with E-state index in [4.69, 9.17) is 23.2 Å². The molecular weight excluding hydrogens is 433 g/mol. The SMILES string of the molecule is O=C(CCCC(=O)[C@@H](C(=O)c1ccccc1)c1ccccc1)Nc1ccc(Cl)cc1Cl. The average Bonchev–Trinajstić information content (AvgIpc) is 2.77. The molecule has 1 atom stereocenters. The first kappa shape index (κ1) is 22.7. The third-order valence-corrected chi connectivity index (χ3v) is 5.36. The summed E-state index contributed by atoms with van der Waals surface area (Å²) in [4.78, 5) is 38.3. The minimum atomic E-state index is -0.891. The molecule has 0 aliphatic carbocycles. The van der Waals surface area contributed by atoms with Gasteiger partial charge in [0.05, 0.1) is 10.7 Å². The van der Waals surface area contributed by atoms with E-state index in [9.17, 15) is 14.4 Å². The number of Topliss-reactive ketones (excluding diaryl/α,β-unsaturated/α-hetero) is 2. The van der Waals surface area contributed by atoms with E-state index in [1.807, 2.05) is 12.1 Å². The third kappa shape index (κ3) is 6.27. The van der Waals surface area contributed by atoms with Crippen LogP contribution in [0, 0.1) is 0 Å². The van der Waals surface area contributed by atoms with E-state index in [1.54, 1.807) is 66.7 Å². The molecule has 31 heavy (non-hydrogen) atoms. The molecule has 0 aliphatic heterocycles. The Morgan fingerprint density at radius 3 is 2.10 bits per heavy atom. The Labute approximate surface area is 191 Å². The van der Waals surface area contributed by atoms with Crippen molar-refractivity contribution < 1.29 is 14.4 Å². The van der Waals surface area contributed by atoms with Gasteiger partial charge >= 0.3 is 0 Å². The first-order chi connectivity index (χ1) is 15.0. The summed E-state index contributed by atoms with van der Waals surface area (Å²) in [6.45, 7) is 0. The molecule has 0 saturated heterocycles. The number of nitrogens with one attached hydrogen (secondary N) is 1. The lowest BCUT2D eigenvalue weighted by Gasteiger charge is -2.15. The monoisotopic (exact) mass is 453 g/mol. The zero-order valence-corrected chi connectivity index (χ0v) is 18.2. The lowest BCUT2D eigenvalue weighted by molar-refractivity contribution is -0.119. The van der Waals surface area contributed by atoms with Crippen LogP contribution in [-0.2, 0) is 9.59 Å². The zero-order chi connectivity index (χ0) is 22.2. The van der Waals surface area contributed by atoms with E-state index in [0.717, 1.165) is 0 Å². The van der Waals surface area contributed by atoms with Crippen molar-refractivity contribution in [1.29, 1.82) is 0 Å². The van der Waals surface area contributed by atoms with Crippen molar-refractivity contribution in [3.05, 3.63) is 100 Å². The highest BCUT2D eigenvalue weighted by Gasteiger charge is 2.28. The summed E-state index contributed by atoms with van der Waals surface area (Å²) in [6, 6.07) is 22.6. The molecule has 0 bridgehead atoms. The predicted molar refractivity (Wildman–Crippen MR) is 124 cm³/mol. The summed E-state index contributed by atoms with van der Waals surface area (Å²) < 4.78 is 0. The van der Waals surface area contributed by atoms with E-state index in [0.29, 0.717) is 33.3 Å². The average molecular weight is 454 g/mol. The lowest BCUT2D eigenvalue weighted by atomic mass is 9.85. The molecular formula is C25H21Cl2NO3. The van der Waals surface area contributed by atoms with E-state index in [2.05, 4.69) is 5.32 Å². The van der Waals surface area contributed by atoms with E-state index in [1.165, 1.54) is 0 Å². The van der Waals surface area contributed by atoms with Crippen LogP contribution < -0.4 is 5.32 Å². The Kier molecular flexibility index (Phi) is 7.99. The van der Waals surface area contributed by atoms with Crippen LogP contribution in [0.2, 0.25) is 10.0 Å². The molecule has 4 nitrogen and oxygen atoms in total. The van der Waals surface area contributed by atoms with Crippen LogP contribution in [0.25, 0.3) is 0 Å². The normalized spacial score (nSPS) is 11.5. The van der Waals surface area contributed by atoms with Gasteiger partial charge in [0.25, 0.3) is 0 Å². The number of ketones is 2. The van der Waals surface area contributed by atoms with Crippen molar-refractivity contribution in [3.63, 3.8) is 0 Å². The van der Waals surface area contributed by atoms with E-state index >= 15 is 0 Å². The Morgan fingerprint density at radius 1 is 0.806 bits per heavy atom. The van der Waals surface area contributed by atoms with Crippen molar-refractivity contribution in [2.75, 3.05) is 5.32 Å². The predicted octanol–water partition coefficient (Wildman–Crippen LogP) is 6.34. The third-order valence-electron chi connectivity index (χ3n) is 4.81. The molecule has 0 fully saturated rings. The van der Waals surface area contributed by atoms with Crippen molar-refractivity contribution in [1.82, 2.24) is 0 Å². The number of hydrogen-bond acceptors (Lipinski definition) is 3. The largest absolute Gasteiger partial charge is 0.325 e. The maximum Gasteiger partial charge on any atom is 0.224 e. The van der Waals surface area contributed by atoms with E-state index < -0.39 is 5.92 Å². The molecule has 0 aromatic heterocycles. The van der Waals surface area contributed by atoms with Gasteiger partial charge in [-0.25, -0.2) is 0 Å². The van der Waals surface area contributed by atoms with Crippen molar-refractivity contribution >= 4 is 46.4 Å². The number of carbonyl (C=O) groups excluding carboxylic acids is 3. The smallest absolute Gasteiger partial charge is 0.224 e. The molecule has 6 heteroatoms. The summed E-state index contributed by atoms with van der Waals surface area (Å²) in [7, 11) is 0. The molecule has 1 N–H and O–H groups in total. The second-order valence-corrected chi connectivity index (χ2v) is 7.91. The molecule has 3 aromatic carbocycles. The van der Waals surface area contributed by atoms with Gasteiger partial charge in [0.2, 0.25) is 5.91 Å². The van der Waals surface area contributed by atoms with Gasteiger partial charge in [0, 0.05) is 23.4 Å². The fraction of sp³-hybridized carbons (Fsp3) is 0.160. The number of hydrogen-bond donors (Lipinski definition) is 1. The highest BCUT2D eigenvalue weighted by Crippen LogP contribution is 2.26. The molecule has 0 heterocycles. The zero-order valence-electron chi connectivity index (χ0n) is 16.7. The molecule has 0 unspecified atom stereocenters. The Balaban J connectivity index is 1.64. The molecule has 0 spiro atoms. The molecule has 1 amide bonds. The number of carbonyl (C=O) groups is 3. The second-order valence-electron chi connectivity index (χ2n) is 7.07. The van der Waals surface area contributed by atoms with Gasteiger partial charge in [-0.15, -0.1) is 0 Å². The minimum absolute atomic E-state index is 0.111. The topological polar surface area (TPSA) is 63.2 Å². The molecule has 158 valence electrons. The Hall–Kier alpha value is -2.95. The molecule has 3 aromatic rings. The summed E-state index contributed by atoms with van der Waals surface area (Å²) in [5.74, 6) is -1.60. The van der Waals surface area contributed by atoms with Crippen molar-refractivity contribution in [3.8, 4) is 0 Å². The first-order valence-electron chi connectivity index (χ1n) is 9.87. The fourth-order valence-corrected chi connectivity index (χ4v) is 3.72.